The highest BCUT2D eigenvalue weighted by molar-refractivity contribution is 6.23. The fraction of sp³-hybridized carbons (Fsp3) is 0.429. The lowest BCUT2D eigenvalue weighted by Gasteiger charge is -2.09. The number of esters is 1. The van der Waals surface area contributed by atoms with E-state index in [9.17, 15) is 14.4 Å². The number of carbonyl (C=O) groups excluding carboxylic acids is 3. The van der Waals surface area contributed by atoms with E-state index in [1.54, 1.807) is 18.4 Å². The number of rotatable bonds is 2. The third-order valence-electron chi connectivity index (χ3n) is 3.62. The molecule has 0 aromatic carbocycles. The number of nitrogens with zero attached hydrogens (tertiary/aromatic N) is 2. The largest absolute Gasteiger partial charge is 0.454 e. The molecule has 0 fully saturated rings. The maximum Gasteiger partial charge on any atom is 0.306 e. The van der Waals surface area contributed by atoms with Gasteiger partial charge in [-0.2, -0.15) is 0 Å². The fourth-order valence-electron chi connectivity index (χ4n) is 2.59. The summed E-state index contributed by atoms with van der Waals surface area (Å²) in [6, 6.07) is 0. The maximum atomic E-state index is 12.2. The van der Waals surface area contributed by atoms with Gasteiger partial charge < -0.3 is 9.30 Å². The number of imidazole rings is 1. The van der Waals surface area contributed by atoms with E-state index in [4.69, 9.17) is 4.74 Å². The zero-order chi connectivity index (χ0) is 14.4. The molecule has 6 nitrogen and oxygen atoms in total. The van der Waals surface area contributed by atoms with Gasteiger partial charge in [0.1, 0.15) is 11.4 Å². The van der Waals surface area contributed by atoms with Crippen molar-refractivity contribution >= 4 is 17.5 Å². The van der Waals surface area contributed by atoms with E-state index >= 15 is 0 Å². The molecule has 104 valence electrons. The Morgan fingerprint density at radius 3 is 2.95 bits per heavy atom. The molecule has 0 radical (unpaired) electrons. The smallest absolute Gasteiger partial charge is 0.306 e. The van der Waals surface area contributed by atoms with Crippen molar-refractivity contribution in [3.63, 3.8) is 0 Å². The molecule has 3 rings (SSSR count). The molecular formula is C14H14N2O4. The van der Waals surface area contributed by atoms with Crippen molar-refractivity contribution in [2.24, 2.45) is 0 Å². The SMILES string of the molecule is CCC(=O)OC1CCn2c1nc1c2C(=O)C(C)=CC1=O. The zero-order valence-electron chi connectivity index (χ0n) is 11.3. The maximum absolute atomic E-state index is 12.2. The van der Waals surface area contributed by atoms with Gasteiger partial charge in [0.2, 0.25) is 11.6 Å². The van der Waals surface area contributed by atoms with Gasteiger partial charge in [-0.3, -0.25) is 14.4 Å². The van der Waals surface area contributed by atoms with Crippen LogP contribution < -0.4 is 0 Å². The van der Waals surface area contributed by atoms with Crippen LogP contribution in [0.25, 0.3) is 0 Å². The molecule has 1 aliphatic heterocycles. The number of fused-ring (bicyclic) bond motifs is 3. The van der Waals surface area contributed by atoms with Crippen LogP contribution in [0.4, 0.5) is 0 Å². The van der Waals surface area contributed by atoms with Crippen molar-refractivity contribution in [2.45, 2.75) is 39.3 Å². The van der Waals surface area contributed by atoms with Gasteiger partial charge in [0.15, 0.2) is 11.9 Å². The van der Waals surface area contributed by atoms with Crippen LogP contribution in [0.3, 0.4) is 0 Å². The highest BCUT2D eigenvalue weighted by Gasteiger charge is 2.37. The van der Waals surface area contributed by atoms with Gasteiger partial charge in [0.05, 0.1) is 0 Å². The summed E-state index contributed by atoms with van der Waals surface area (Å²) < 4.78 is 7.01. The standard InChI is InChI=1S/C14H14N2O4/c1-3-10(18)20-9-4-5-16-12-11(15-14(9)16)8(17)6-7(2)13(12)19/h6,9H,3-5H2,1-2H3. The molecule has 1 aromatic rings. The van der Waals surface area contributed by atoms with Crippen molar-refractivity contribution in [1.82, 2.24) is 9.55 Å². The summed E-state index contributed by atoms with van der Waals surface area (Å²) in [5.41, 5.74) is 0.923. The average molecular weight is 274 g/mol. The quantitative estimate of drug-likeness (QED) is 0.765. The van der Waals surface area contributed by atoms with Crippen molar-refractivity contribution < 1.29 is 19.1 Å². The van der Waals surface area contributed by atoms with E-state index in [1.165, 1.54) is 6.08 Å². The highest BCUT2D eigenvalue weighted by atomic mass is 16.5. The normalized spacial score (nSPS) is 20.5. The molecule has 1 unspecified atom stereocenters. The zero-order valence-corrected chi connectivity index (χ0v) is 11.3. The number of ketones is 2. The number of aromatic nitrogens is 2. The molecule has 6 heteroatoms. The predicted molar refractivity (Wildman–Crippen MR) is 68.4 cm³/mol. The Kier molecular flexibility index (Phi) is 2.81. The van der Waals surface area contributed by atoms with Gasteiger partial charge in [0, 0.05) is 25.0 Å². The molecular weight excluding hydrogens is 260 g/mol. The highest BCUT2D eigenvalue weighted by Crippen LogP contribution is 2.34. The molecule has 1 aromatic heterocycles. The number of hydrogen-bond donors (Lipinski definition) is 0. The van der Waals surface area contributed by atoms with Gasteiger partial charge in [0.25, 0.3) is 0 Å². The lowest BCUT2D eigenvalue weighted by Crippen LogP contribution is -2.18. The molecule has 20 heavy (non-hydrogen) atoms. The van der Waals surface area contributed by atoms with Crippen LogP contribution in [0.1, 0.15) is 59.6 Å². The Morgan fingerprint density at radius 1 is 1.50 bits per heavy atom. The Labute approximate surface area is 115 Å². The minimum Gasteiger partial charge on any atom is -0.454 e. The molecule has 0 spiro atoms. The minimum absolute atomic E-state index is 0.174. The van der Waals surface area contributed by atoms with Crippen LogP contribution in [0.5, 0.6) is 0 Å². The Bertz CT molecular complexity index is 669. The van der Waals surface area contributed by atoms with Gasteiger partial charge in [-0.1, -0.05) is 6.92 Å². The summed E-state index contributed by atoms with van der Waals surface area (Å²) >= 11 is 0. The summed E-state index contributed by atoms with van der Waals surface area (Å²) in [5.74, 6) is -0.252. The number of carbonyl (C=O) groups is 3. The van der Waals surface area contributed by atoms with Crippen LogP contribution in [0.15, 0.2) is 11.6 Å². The average Bonchev–Trinajstić information content (AvgIpc) is 2.96. The van der Waals surface area contributed by atoms with E-state index < -0.39 is 6.10 Å². The van der Waals surface area contributed by atoms with E-state index in [2.05, 4.69) is 4.98 Å². The van der Waals surface area contributed by atoms with E-state index in [-0.39, 0.29) is 29.7 Å². The van der Waals surface area contributed by atoms with Crippen LogP contribution in [-0.2, 0) is 16.1 Å². The second-order valence-corrected chi connectivity index (χ2v) is 4.96. The Morgan fingerprint density at radius 2 is 2.25 bits per heavy atom. The third-order valence-corrected chi connectivity index (χ3v) is 3.62. The first kappa shape index (κ1) is 12.8. The molecule has 0 N–H and O–H groups in total. The first-order chi connectivity index (χ1) is 9.52. The Balaban J connectivity index is 2.02. The van der Waals surface area contributed by atoms with Crippen LogP contribution in [0, 0.1) is 0 Å². The summed E-state index contributed by atoms with van der Waals surface area (Å²) in [6.45, 7) is 3.87. The lowest BCUT2D eigenvalue weighted by atomic mass is 9.99. The molecule has 1 aliphatic carbocycles. The van der Waals surface area contributed by atoms with E-state index in [0.717, 1.165) is 0 Å². The first-order valence-electron chi connectivity index (χ1n) is 6.60. The third kappa shape index (κ3) is 1.71. The molecule has 0 saturated heterocycles. The number of Topliss-reactive ketones (excluding diaryl/α,β-unsaturated/α-hetero) is 1. The van der Waals surface area contributed by atoms with Gasteiger partial charge in [-0.25, -0.2) is 4.98 Å². The first-order valence-corrected chi connectivity index (χ1v) is 6.60. The minimum atomic E-state index is -0.464. The summed E-state index contributed by atoms with van der Waals surface area (Å²) in [7, 11) is 0. The molecule has 2 heterocycles. The van der Waals surface area contributed by atoms with Crippen LogP contribution >= 0.6 is 0 Å². The van der Waals surface area contributed by atoms with Crippen molar-refractivity contribution in [3.05, 3.63) is 28.9 Å². The molecule has 0 amide bonds. The summed E-state index contributed by atoms with van der Waals surface area (Å²) in [5, 5.41) is 0. The number of ether oxygens (including phenoxy) is 1. The van der Waals surface area contributed by atoms with Gasteiger partial charge in [-0.05, 0) is 13.0 Å². The van der Waals surface area contributed by atoms with Crippen molar-refractivity contribution in [1.29, 1.82) is 0 Å². The van der Waals surface area contributed by atoms with Crippen molar-refractivity contribution in [3.8, 4) is 0 Å². The van der Waals surface area contributed by atoms with Crippen molar-refractivity contribution in [2.75, 3.05) is 0 Å². The fourth-order valence-corrected chi connectivity index (χ4v) is 2.59. The predicted octanol–water partition coefficient (Wildman–Crippen LogP) is 1.61. The Hall–Kier alpha value is -2.24. The molecule has 1 atom stereocenters. The second kappa shape index (κ2) is 4.40. The number of hydrogen-bond acceptors (Lipinski definition) is 5. The monoisotopic (exact) mass is 274 g/mol. The second-order valence-electron chi connectivity index (χ2n) is 4.96. The summed E-state index contributed by atoms with van der Waals surface area (Å²) in [4.78, 5) is 39.7. The van der Waals surface area contributed by atoms with E-state index in [0.29, 0.717) is 30.1 Å². The van der Waals surface area contributed by atoms with Crippen LogP contribution in [-0.4, -0.2) is 27.1 Å². The van der Waals surface area contributed by atoms with E-state index in [1.807, 2.05) is 0 Å². The van der Waals surface area contributed by atoms with Gasteiger partial charge in [-0.15, -0.1) is 0 Å². The van der Waals surface area contributed by atoms with Gasteiger partial charge >= 0.3 is 5.97 Å². The molecule has 0 saturated carbocycles. The molecule has 2 aliphatic rings. The molecule has 0 bridgehead atoms. The lowest BCUT2D eigenvalue weighted by molar-refractivity contribution is -0.149. The van der Waals surface area contributed by atoms with Crippen LogP contribution in [0.2, 0.25) is 0 Å². The topological polar surface area (TPSA) is 78.3 Å². The summed E-state index contributed by atoms with van der Waals surface area (Å²) in [6.07, 6.45) is 1.72. The number of allylic oxidation sites excluding steroid dienone is 2.